The Labute approximate surface area is 158 Å². The van der Waals surface area contributed by atoms with Crippen LogP contribution in [0.5, 0.6) is 0 Å². The molecule has 27 heavy (non-hydrogen) atoms. The lowest BCUT2D eigenvalue weighted by molar-refractivity contribution is -0.147. The molecule has 3 N–H and O–H groups in total. The van der Waals surface area contributed by atoms with Crippen molar-refractivity contribution in [2.24, 2.45) is 11.8 Å². The van der Waals surface area contributed by atoms with Crippen molar-refractivity contribution in [1.29, 1.82) is 0 Å². The van der Waals surface area contributed by atoms with Crippen molar-refractivity contribution in [3.63, 3.8) is 0 Å². The summed E-state index contributed by atoms with van der Waals surface area (Å²) in [6.07, 6.45) is 0.520. The van der Waals surface area contributed by atoms with Gasteiger partial charge in [-0.1, -0.05) is 0 Å². The Bertz CT molecular complexity index is 844. The maximum atomic E-state index is 12.6. The van der Waals surface area contributed by atoms with Crippen LogP contribution >= 0.6 is 0 Å². The minimum Gasteiger partial charge on any atom is -0.481 e. The van der Waals surface area contributed by atoms with Gasteiger partial charge >= 0.3 is 5.97 Å². The molecule has 1 amide bonds. The molecule has 2 heterocycles. The van der Waals surface area contributed by atoms with Crippen LogP contribution in [0.3, 0.4) is 0 Å². The van der Waals surface area contributed by atoms with E-state index in [-0.39, 0.29) is 11.0 Å². The second-order valence-electron chi connectivity index (χ2n) is 8.05. The summed E-state index contributed by atoms with van der Waals surface area (Å²) >= 11 is 0. The monoisotopic (exact) mass is 396 g/mol. The van der Waals surface area contributed by atoms with E-state index in [1.807, 2.05) is 0 Å². The summed E-state index contributed by atoms with van der Waals surface area (Å²) in [6, 6.07) is 5.77. The first-order valence-corrected chi connectivity index (χ1v) is 10.3. The Morgan fingerprint density at radius 3 is 2.15 bits per heavy atom. The van der Waals surface area contributed by atoms with Crippen LogP contribution in [0.2, 0.25) is 0 Å². The highest BCUT2D eigenvalue weighted by molar-refractivity contribution is 7.89. The third kappa shape index (κ3) is 4.15. The van der Waals surface area contributed by atoms with Gasteiger partial charge in [-0.15, -0.1) is 0 Å². The van der Waals surface area contributed by atoms with Crippen LogP contribution in [0.15, 0.2) is 29.2 Å². The van der Waals surface area contributed by atoms with Crippen molar-refractivity contribution in [2.75, 3.05) is 5.32 Å². The van der Waals surface area contributed by atoms with Crippen molar-refractivity contribution < 1.29 is 27.9 Å². The van der Waals surface area contributed by atoms with E-state index < -0.39 is 45.4 Å². The minimum atomic E-state index is -3.67. The smallest absolute Gasteiger partial charge is 0.310 e. The first-order chi connectivity index (χ1) is 12.5. The van der Waals surface area contributed by atoms with E-state index in [4.69, 9.17) is 4.74 Å². The molecule has 3 rings (SSSR count). The molecule has 0 aliphatic carbocycles. The van der Waals surface area contributed by atoms with Crippen LogP contribution < -0.4 is 10.0 Å². The Morgan fingerprint density at radius 2 is 1.63 bits per heavy atom. The standard InChI is InChI=1S/C18H24N2O6S/c1-18(2,3)20-27(24,25)11-6-4-10(5-7-11)19-16(21)14-12-8-9-13(26-12)15(14)17(22)23/h4-7,12-15,20H,8-9H2,1-3H3,(H,19,21)(H,22,23). The summed E-state index contributed by atoms with van der Waals surface area (Å²) in [7, 11) is -3.67. The van der Waals surface area contributed by atoms with Gasteiger partial charge in [0.15, 0.2) is 0 Å². The number of aliphatic carboxylic acids is 1. The van der Waals surface area contributed by atoms with Gasteiger partial charge in [-0.3, -0.25) is 9.59 Å². The molecule has 148 valence electrons. The van der Waals surface area contributed by atoms with Crippen molar-refractivity contribution in [3.8, 4) is 0 Å². The number of fused-ring (bicyclic) bond motifs is 2. The molecule has 0 aromatic heterocycles. The molecule has 2 saturated heterocycles. The van der Waals surface area contributed by atoms with Gasteiger partial charge in [0.05, 0.1) is 28.9 Å². The van der Waals surface area contributed by atoms with Gasteiger partial charge in [0.1, 0.15) is 0 Å². The van der Waals surface area contributed by atoms with E-state index in [9.17, 15) is 23.1 Å². The summed E-state index contributed by atoms with van der Waals surface area (Å²) in [5.74, 6) is -3.04. The maximum absolute atomic E-state index is 12.6. The number of carbonyl (C=O) groups excluding carboxylic acids is 1. The molecular weight excluding hydrogens is 372 g/mol. The number of ether oxygens (including phenoxy) is 1. The predicted molar refractivity (Wildman–Crippen MR) is 97.7 cm³/mol. The molecule has 9 heteroatoms. The third-order valence-corrected chi connectivity index (χ3v) is 6.51. The number of benzene rings is 1. The molecule has 2 aliphatic rings. The SMILES string of the molecule is CC(C)(C)NS(=O)(=O)c1ccc(NC(=O)C2C3CCC(O3)C2C(=O)O)cc1. The van der Waals surface area contributed by atoms with E-state index in [1.165, 1.54) is 24.3 Å². The Kier molecular flexibility index (Phi) is 5.04. The number of rotatable bonds is 5. The van der Waals surface area contributed by atoms with Gasteiger partial charge < -0.3 is 15.2 Å². The first kappa shape index (κ1) is 19.8. The van der Waals surface area contributed by atoms with Gasteiger partial charge in [0.25, 0.3) is 0 Å². The number of amides is 1. The fraction of sp³-hybridized carbons (Fsp3) is 0.556. The van der Waals surface area contributed by atoms with E-state index in [1.54, 1.807) is 20.8 Å². The summed E-state index contributed by atoms with van der Waals surface area (Å²) in [4.78, 5) is 24.2. The second kappa shape index (κ2) is 6.88. The quantitative estimate of drug-likeness (QED) is 0.695. The number of carboxylic acids is 1. The predicted octanol–water partition coefficient (Wildman–Crippen LogP) is 1.58. The average Bonchev–Trinajstić information content (AvgIpc) is 3.14. The van der Waals surface area contributed by atoms with E-state index in [0.717, 1.165) is 0 Å². The van der Waals surface area contributed by atoms with Crippen molar-refractivity contribution in [2.45, 2.75) is 56.3 Å². The average molecular weight is 396 g/mol. The van der Waals surface area contributed by atoms with E-state index in [0.29, 0.717) is 18.5 Å². The molecule has 2 fully saturated rings. The second-order valence-corrected chi connectivity index (χ2v) is 9.73. The fourth-order valence-electron chi connectivity index (χ4n) is 3.73. The number of sulfonamides is 1. The zero-order valence-electron chi connectivity index (χ0n) is 15.4. The molecule has 1 aromatic carbocycles. The maximum Gasteiger partial charge on any atom is 0.310 e. The van der Waals surface area contributed by atoms with Gasteiger partial charge in [-0.05, 0) is 57.9 Å². The van der Waals surface area contributed by atoms with Crippen LogP contribution in [0.1, 0.15) is 33.6 Å². The minimum absolute atomic E-state index is 0.0853. The number of hydrogen-bond donors (Lipinski definition) is 3. The van der Waals surface area contributed by atoms with Crippen LogP contribution in [0.4, 0.5) is 5.69 Å². The Balaban J connectivity index is 1.72. The largest absolute Gasteiger partial charge is 0.481 e. The fourth-order valence-corrected chi connectivity index (χ4v) is 5.15. The van der Waals surface area contributed by atoms with Crippen LogP contribution in [0, 0.1) is 11.8 Å². The highest BCUT2D eigenvalue weighted by Crippen LogP contribution is 2.44. The molecular formula is C18H24N2O6S. The van der Waals surface area contributed by atoms with Gasteiger partial charge in [0.2, 0.25) is 15.9 Å². The molecule has 4 atom stereocenters. The molecule has 0 saturated carbocycles. The first-order valence-electron chi connectivity index (χ1n) is 8.81. The highest BCUT2D eigenvalue weighted by atomic mass is 32.2. The van der Waals surface area contributed by atoms with Crippen LogP contribution in [0.25, 0.3) is 0 Å². The molecule has 0 radical (unpaired) electrons. The van der Waals surface area contributed by atoms with Gasteiger partial charge in [-0.25, -0.2) is 13.1 Å². The molecule has 4 unspecified atom stereocenters. The number of nitrogens with one attached hydrogen (secondary N) is 2. The normalized spacial score (nSPS) is 27.5. The van der Waals surface area contributed by atoms with Gasteiger partial charge in [0, 0.05) is 11.2 Å². The van der Waals surface area contributed by atoms with Crippen molar-refractivity contribution >= 4 is 27.6 Å². The number of anilines is 1. The lowest BCUT2D eigenvalue weighted by Crippen LogP contribution is -2.41. The summed E-state index contributed by atoms with van der Waals surface area (Å²) in [5, 5.41) is 12.1. The van der Waals surface area contributed by atoms with E-state index >= 15 is 0 Å². The molecule has 1 aromatic rings. The topological polar surface area (TPSA) is 122 Å². The van der Waals surface area contributed by atoms with E-state index in [2.05, 4.69) is 10.0 Å². The molecule has 8 nitrogen and oxygen atoms in total. The van der Waals surface area contributed by atoms with Crippen LogP contribution in [-0.4, -0.2) is 43.1 Å². The highest BCUT2D eigenvalue weighted by Gasteiger charge is 2.55. The molecule has 2 bridgehead atoms. The summed E-state index contributed by atoms with van der Waals surface area (Å²) < 4.78 is 32.8. The van der Waals surface area contributed by atoms with Crippen LogP contribution in [-0.2, 0) is 24.3 Å². The molecule has 0 spiro atoms. The Hall–Kier alpha value is -1.97. The number of carbonyl (C=O) groups is 2. The summed E-state index contributed by atoms with van der Waals surface area (Å²) in [6.45, 7) is 5.24. The summed E-state index contributed by atoms with van der Waals surface area (Å²) in [5.41, 5.74) is -0.207. The zero-order valence-corrected chi connectivity index (χ0v) is 16.2. The lowest BCUT2D eigenvalue weighted by Gasteiger charge is -2.24. The lowest BCUT2D eigenvalue weighted by atomic mass is 9.78. The van der Waals surface area contributed by atoms with Gasteiger partial charge in [-0.2, -0.15) is 0 Å². The Morgan fingerprint density at radius 1 is 1.07 bits per heavy atom. The number of carboxylic acid groups (broad SMARTS) is 1. The zero-order chi connectivity index (χ0) is 20.0. The molecule has 2 aliphatic heterocycles. The van der Waals surface area contributed by atoms with Crippen molar-refractivity contribution in [1.82, 2.24) is 4.72 Å². The number of hydrogen-bond acceptors (Lipinski definition) is 5. The van der Waals surface area contributed by atoms with Crippen molar-refractivity contribution in [3.05, 3.63) is 24.3 Å². The third-order valence-electron chi connectivity index (χ3n) is 4.73.